The van der Waals surface area contributed by atoms with E-state index in [1.807, 2.05) is 6.92 Å². The molecule has 0 fully saturated rings. The number of carbonyl (C=O) groups excluding carboxylic acids is 2. The first-order valence-corrected chi connectivity index (χ1v) is 6.59. The monoisotopic (exact) mass is 282 g/mol. The zero-order valence-electron chi connectivity index (χ0n) is 9.64. The number of halogens is 1. The summed E-state index contributed by atoms with van der Waals surface area (Å²) in [5, 5.41) is 3.36. The fourth-order valence-electron chi connectivity index (χ4n) is 1.50. The number of nitrogens with zero attached hydrogens (tertiary/aromatic N) is 1. The van der Waals surface area contributed by atoms with Crippen molar-refractivity contribution in [1.29, 1.82) is 0 Å². The molecule has 1 aromatic rings. The van der Waals surface area contributed by atoms with E-state index in [2.05, 4.69) is 10.3 Å². The van der Waals surface area contributed by atoms with Crippen LogP contribution in [0.4, 0.5) is 0 Å². The minimum atomic E-state index is -0.167. The van der Waals surface area contributed by atoms with Crippen LogP contribution >= 0.6 is 23.4 Å². The molecule has 0 radical (unpaired) electrons. The molecule has 0 saturated heterocycles. The molecule has 0 aliphatic carbocycles. The average Bonchev–Trinajstić information content (AvgIpc) is 2.28. The fourth-order valence-corrected chi connectivity index (χ4v) is 2.45. The van der Waals surface area contributed by atoms with Crippen molar-refractivity contribution in [3.8, 4) is 0 Å². The zero-order chi connectivity index (χ0) is 13.1. The molecule has 1 aromatic carbocycles. The number of aliphatic imine (C=N–C) groups is 1. The third kappa shape index (κ3) is 3.34. The predicted octanol–water partition coefficient (Wildman–Crippen LogP) is 2.48. The average molecular weight is 283 g/mol. The van der Waals surface area contributed by atoms with Gasteiger partial charge in [0.25, 0.3) is 0 Å². The number of hydrogen-bond acceptors (Lipinski definition) is 4. The number of carbonyl (C=O) groups is 2. The Hall–Kier alpha value is -1.33. The number of nitrogens with one attached hydrogen (secondary N) is 1. The van der Waals surface area contributed by atoms with Crippen LogP contribution in [0.5, 0.6) is 0 Å². The lowest BCUT2D eigenvalue weighted by atomic mass is 10.2. The highest BCUT2D eigenvalue weighted by atomic mass is 35.5. The normalized spacial score (nSPS) is 19.1. The summed E-state index contributed by atoms with van der Waals surface area (Å²) in [5.41, 5.74) is 0.527. The Balaban J connectivity index is 2.07. The molecular weight excluding hydrogens is 272 g/mol. The molecule has 1 heterocycles. The molecular formula is C12H11ClN2O2S. The van der Waals surface area contributed by atoms with E-state index >= 15 is 0 Å². The summed E-state index contributed by atoms with van der Waals surface area (Å²) in [4.78, 5) is 27.5. The Bertz CT molecular complexity index is 513. The molecule has 0 saturated carbocycles. The molecule has 1 amide bonds. The molecule has 1 N–H and O–H groups in total. The van der Waals surface area contributed by atoms with Crippen LogP contribution in [0.25, 0.3) is 0 Å². The molecule has 4 nitrogen and oxygen atoms in total. The lowest BCUT2D eigenvalue weighted by Crippen LogP contribution is -2.36. The molecule has 0 spiro atoms. The van der Waals surface area contributed by atoms with Crippen LogP contribution in [0, 0.1) is 0 Å². The molecule has 2 rings (SSSR count). The number of rotatable bonds is 1. The minimum Gasteiger partial charge on any atom is -0.305 e. The second kappa shape index (κ2) is 5.54. The van der Waals surface area contributed by atoms with Crippen LogP contribution < -0.4 is 5.32 Å². The summed E-state index contributed by atoms with van der Waals surface area (Å²) >= 11 is 6.67. The number of amides is 1. The van der Waals surface area contributed by atoms with Crippen LogP contribution in [0.1, 0.15) is 23.7 Å². The van der Waals surface area contributed by atoms with Crippen LogP contribution in [0.2, 0.25) is 5.02 Å². The Labute approximate surface area is 114 Å². The van der Waals surface area contributed by atoms with Crippen molar-refractivity contribution >= 4 is 39.6 Å². The largest absolute Gasteiger partial charge is 0.305 e. The molecule has 94 valence electrons. The first-order valence-electron chi connectivity index (χ1n) is 5.40. The summed E-state index contributed by atoms with van der Waals surface area (Å²) in [6, 6.07) is 6.51. The standard InChI is InChI=1S/C12H11ClN2O2S/c1-7-6-10(16)15-12(14-7)18-11(17)8-2-4-9(13)5-3-8/h2-5,7H,6H2,1H3,(H,14,15,16)/t7-/m0/s1. The molecule has 6 heteroatoms. The molecule has 0 unspecified atom stereocenters. The topological polar surface area (TPSA) is 58.5 Å². The SMILES string of the molecule is C[C@H]1CC(=O)NC(SC(=O)c2ccc(Cl)cc2)=N1. The predicted molar refractivity (Wildman–Crippen MR) is 73.0 cm³/mol. The van der Waals surface area contributed by atoms with Crippen molar-refractivity contribution in [2.75, 3.05) is 0 Å². The Morgan fingerprint density at radius 2 is 2.11 bits per heavy atom. The van der Waals surface area contributed by atoms with Gasteiger partial charge in [-0.05, 0) is 43.0 Å². The molecule has 1 atom stereocenters. The van der Waals surface area contributed by atoms with E-state index in [1.54, 1.807) is 24.3 Å². The van der Waals surface area contributed by atoms with Gasteiger partial charge in [0.15, 0.2) is 5.17 Å². The van der Waals surface area contributed by atoms with E-state index in [0.29, 0.717) is 22.2 Å². The second-order valence-electron chi connectivity index (χ2n) is 3.93. The summed E-state index contributed by atoms with van der Waals surface area (Å²) in [5.74, 6) is -0.107. The van der Waals surface area contributed by atoms with Gasteiger partial charge < -0.3 is 5.32 Å². The van der Waals surface area contributed by atoms with Crippen molar-refractivity contribution in [2.24, 2.45) is 4.99 Å². The van der Waals surface area contributed by atoms with E-state index in [1.165, 1.54) is 0 Å². The first-order chi connectivity index (χ1) is 8.54. The van der Waals surface area contributed by atoms with Gasteiger partial charge in [-0.3, -0.25) is 14.6 Å². The van der Waals surface area contributed by atoms with Crippen LogP contribution in [-0.2, 0) is 4.79 Å². The molecule has 18 heavy (non-hydrogen) atoms. The summed E-state index contributed by atoms with van der Waals surface area (Å²) in [7, 11) is 0. The molecule has 0 aromatic heterocycles. The van der Waals surface area contributed by atoms with E-state index in [-0.39, 0.29) is 17.1 Å². The van der Waals surface area contributed by atoms with Gasteiger partial charge in [-0.25, -0.2) is 0 Å². The third-order valence-electron chi connectivity index (χ3n) is 2.33. The van der Waals surface area contributed by atoms with E-state index in [4.69, 9.17) is 11.6 Å². The highest BCUT2D eigenvalue weighted by Crippen LogP contribution is 2.18. The van der Waals surface area contributed by atoms with Gasteiger partial charge in [-0.2, -0.15) is 0 Å². The highest BCUT2D eigenvalue weighted by molar-refractivity contribution is 8.26. The molecule has 1 aliphatic heterocycles. The minimum absolute atomic E-state index is 0.0840. The van der Waals surface area contributed by atoms with Gasteiger partial charge in [0.2, 0.25) is 11.0 Å². The van der Waals surface area contributed by atoms with Crippen molar-refractivity contribution in [3.63, 3.8) is 0 Å². The van der Waals surface area contributed by atoms with Crippen LogP contribution in [0.3, 0.4) is 0 Å². The van der Waals surface area contributed by atoms with Crippen LogP contribution in [0.15, 0.2) is 29.3 Å². The smallest absolute Gasteiger partial charge is 0.228 e. The van der Waals surface area contributed by atoms with Gasteiger partial charge >= 0.3 is 0 Å². The molecule has 1 aliphatic rings. The molecule has 0 bridgehead atoms. The quantitative estimate of drug-likeness (QED) is 0.861. The zero-order valence-corrected chi connectivity index (χ0v) is 11.2. The maximum atomic E-state index is 11.9. The van der Waals surface area contributed by atoms with Gasteiger partial charge in [-0.15, -0.1) is 0 Å². The van der Waals surface area contributed by atoms with Crippen molar-refractivity contribution in [2.45, 2.75) is 19.4 Å². The van der Waals surface area contributed by atoms with Crippen molar-refractivity contribution < 1.29 is 9.59 Å². The third-order valence-corrected chi connectivity index (χ3v) is 3.41. The number of benzene rings is 1. The lowest BCUT2D eigenvalue weighted by molar-refractivity contribution is -0.120. The Morgan fingerprint density at radius 1 is 1.44 bits per heavy atom. The number of amidine groups is 1. The van der Waals surface area contributed by atoms with E-state index in [0.717, 1.165) is 11.8 Å². The van der Waals surface area contributed by atoms with E-state index < -0.39 is 0 Å². The van der Waals surface area contributed by atoms with E-state index in [9.17, 15) is 9.59 Å². The summed E-state index contributed by atoms with van der Waals surface area (Å²) < 4.78 is 0. The Morgan fingerprint density at radius 3 is 2.72 bits per heavy atom. The lowest BCUT2D eigenvalue weighted by Gasteiger charge is -2.16. The summed E-state index contributed by atoms with van der Waals surface area (Å²) in [6.07, 6.45) is 0.360. The van der Waals surface area contributed by atoms with Gasteiger partial charge in [0.1, 0.15) is 0 Å². The second-order valence-corrected chi connectivity index (χ2v) is 5.33. The van der Waals surface area contributed by atoms with Crippen molar-refractivity contribution in [1.82, 2.24) is 5.32 Å². The Kier molecular flexibility index (Phi) is 4.04. The van der Waals surface area contributed by atoms with Gasteiger partial charge in [-0.1, -0.05) is 11.6 Å². The number of thioether (sulfide) groups is 1. The first kappa shape index (κ1) is 13.1. The fraction of sp³-hybridized carbons (Fsp3) is 0.250. The highest BCUT2D eigenvalue weighted by Gasteiger charge is 2.20. The number of hydrogen-bond donors (Lipinski definition) is 1. The van der Waals surface area contributed by atoms with Crippen molar-refractivity contribution in [3.05, 3.63) is 34.9 Å². The van der Waals surface area contributed by atoms with Gasteiger partial charge in [0, 0.05) is 17.0 Å². The summed E-state index contributed by atoms with van der Waals surface area (Å²) in [6.45, 7) is 1.84. The van der Waals surface area contributed by atoms with Gasteiger partial charge in [0.05, 0.1) is 6.04 Å². The maximum absolute atomic E-state index is 11.9. The maximum Gasteiger partial charge on any atom is 0.228 e. The van der Waals surface area contributed by atoms with Crippen LogP contribution in [-0.4, -0.2) is 22.2 Å².